The highest BCUT2D eigenvalue weighted by Gasteiger charge is 2.31. The van der Waals surface area contributed by atoms with Crippen LogP contribution in [0.2, 0.25) is 0 Å². The minimum Gasteiger partial charge on any atom is -0.323 e. The Morgan fingerprint density at radius 2 is 1.82 bits per heavy atom. The first-order valence-electron chi connectivity index (χ1n) is 11.4. The third-order valence-electron chi connectivity index (χ3n) is 5.90. The van der Waals surface area contributed by atoms with Crippen LogP contribution in [0.5, 0.6) is 0 Å². The van der Waals surface area contributed by atoms with Crippen LogP contribution < -0.4 is 10.2 Å². The van der Waals surface area contributed by atoms with Crippen molar-refractivity contribution in [1.82, 2.24) is 19.7 Å². The highest BCUT2D eigenvalue weighted by Crippen LogP contribution is 2.33. The van der Waals surface area contributed by atoms with Gasteiger partial charge in [0.25, 0.3) is 0 Å². The average molecular weight is 479 g/mol. The molecule has 0 aliphatic carbocycles. The lowest BCUT2D eigenvalue weighted by Crippen LogP contribution is -2.45. The van der Waals surface area contributed by atoms with Gasteiger partial charge in [-0.25, -0.2) is 0 Å². The number of rotatable bonds is 8. The second-order valence-corrected chi connectivity index (χ2v) is 9.86. The fourth-order valence-corrected chi connectivity index (χ4v) is 5.10. The molecule has 4 rings (SSSR count). The van der Waals surface area contributed by atoms with E-state index < -0.39 is 5.25 Å². The number of benzene rings is 2. The molecule has 0 saturated carbocycles. The van der Waals surface area contributed by atoms with E-state index in [1.165, 1.54) is 11.8 Å². The molecule has 0 fully saturated rings. The molecular weight excluding hydrogens is 448 g/mol. The largest absolute Gasteiger partial charge is 0.323 e. The van der Waals surface area contributed by atoms with Gasteiger partial charge in [0.05, 0.1) is 29.2 Å². The monoisotopic (exact) mass is 478 g/mol. The van der Waals surface area contributed by atoms with Crippen LogP contribution in [0.25, 0.3) is 0 Å². The van der Waals surface area contributed by atoms with E-state index in [0.29, 0.717) is 23.1 Å². The maximum Gasteiger partial charge on any atom is 0.244 e. The van der Waals surface area contributed by atoms with Gasteiger partial charge in [-0.15, -0.1) is 10.2 Å². The second-order valence-electron chi connectivity index (χ2n) is 8.55. The Kier molecular flexibility index (Phi) is 7.33. The van der Waals surface area contributed by atoms with Gasteiger partial charge in [-0.1, -0.05) is 61.2 Å². The summed E-state index contributed by atoms with van der Waals surface area (Å²) in [6.45, 7) is 4.60. The van der Waals surface area contributed by atoms with Crippen LogP contribution in [0, 0.1) is 0 Å². The van der Waals surface area contributed by atoms with Gasteiger partial charge in [-0.3, -0.25) is 19.4 Å². The number of para-hydroxylation sites is 2. The number of amides is 2. The van der Waals surface area contributed by atoms with Gasteiger partial charge in [-0.2, -0.15) is 0 Å². The van der Waals surface area contributed by atoms with Crippen molar-refractivity contribution in [2.24, 2.45) is 0 Å². The molecule has 8 nitrogen and oxygen atoms in total. The van der Waals surface area contributed by atoms with E-state index in [1.807, 2.05) is 57.4 Å². The number of nitrogens with one attached hydrogen (secondary N) is 1. The second kappa shape index (κ2) is 10.4. The van der Waals surface area contributed by atoms with Crippen LogP contribution in [0.15, 0.2) is 59.8 Å². The Morgan fingerprint density at radius 3 is 2.53 bits per heavy atom. The number of nitrogens with zero attached hydrogens (tertiary/aromatic N) is 5. The minimum atomic E-state index is -0.454. The van der Waals surface area contributed by atoms with Crippen LogP contribution >= 0.6 is 11.8 Å². The zero-order chi connectivity index (χ0) is 24.2. The summed E-state index contributed by atoms with van der Waals surface area (Å²) in [6, 6.07) is 17.6. The smallest absolute Gasteiger partial charge is 0.244 e. The van der Waals surface area contributed by atoms with Crippen molar-refractivity contribution in [2.45, 2.75) is 43.3 Å². The first-order chi connectivity index (χ1) is 16.4. The molecule has 1 aromatic heterocycles. The van der Waals surface area contributed by atoms with Gasteiger partial charge >= 0.3 is 0 Å². The molecule has 0 saturated heterocycles. The fourth-order valence-electron chi connectivity index (χ4n) is 4.18. The predicted octanol–water partition coefficient (Wildman–Crippen LogP) is 3.81. The van der Waals surface area contributed by atoms with Crippen molar-refractivity contribution in [3.05, 3.63) is 66.0 Å². The highest BCUT2D eigenvalue weighted by molar-refractivity contribution is 8.00. The first kappa shape index (κ1) is 24.0. The van der Waals surface area contributed by atoms with Crippen LogP contribution in [-0.2, 0) is 16.1 Å². The number of thioether (sulfide) groups is 1. The SMILES string of the molecule is CC[C@H](c1nnc(S[C@@H](C)C(=O)N2CC(=O)Nc3ccccc32)n1Cc1ccccc1)N(C)C. The first-order valence-corrected chi connectivity index (χ1v) is 12.3. The van der Waals surface area contributed by atoms with E-state index in [4.69, 9.17) is 0 Å². The van der Waals surface area contributed by atoms with Crippen molar-refractivity contribution < 1.29 is 9.59 Å². The summed E-state index contributed by atoms with van der Waals surface area (Å²) in [6.07, 6.45) is 0.888. The van der Waals surface area contributed by atoms with E-state index in [-0.39, 0.29) is 24.4 Å². The third kappa shape index (κ3) is 5.00. The number of hydrogen-bond acceptors (Lipinski definition) is 6. The number of anilines is 2. The molecule has 1 aliphatic heterocycles. The van der Waals surface area contributed by atoms with E-state index in [9.17, 15) is 9.59 Å². The molecule has 2 aromatic carbocycles. The zero-order valence-electron chi connectivity index (χ0n) is 19.9. The van der Waals surface area contributed by atoms with Crippen molar-refractivity contribution in [1.29, 1.82) is 0 Å². The maximum absolute atomic E-state index is 13.4. The molecule has 2 atom stereocenters. The van der Waals surface area contributed by atoms with Gasteiger partial charge in [0, 0.05) is 0 Å². The van der Waals surface area contributed by atoms with Gasteiger partial charge in [0.15, 0.2) is 11.0 Å². The molecule has 1 aliphatic rings. The lowest BCUT2D eigenvalue weighted by Gasteiger charge is -2.30. The molecule has 34 heavy (non-hydrogen) atoms. The van der Waals surface area contributed by atoms with Crippen LogP contribution in [0.4, 0.5) is 11.4 Å². The van der Waals surface area contributed by atoms with E-state index >= 15 is 0 Å². The van der Waals surface area contributed by atoms with Crippen LogP contribution in [-0.4, -0.2) is 57.4 Å². The Labute approximate surface area is 204 Å². The molecule has 9 heteroatoms. The summed E-state index contributed by atoms with van der Waals surface area (Å²) in [4.78, 5) is 29.3. The quantitative estimate of drug-likeness (QED) is 0.496. The standard InChI is InChI=1S/C25H30N6O2S/c1-5-20(29(3)4)23-27-28-25(31(23)15-18-11-7-6-8-12-18)34-17(2)24(33)30-16-22(32)26-19-13-9-10-14-21(19)30/h6-14,17,20H,5,15-16H2,1-4H3,(H,26,32)/t17-,20+/m0/s1. The summed E-state index contributed by atoms with van der Waals surface area (Å²) < 4.78 is 2.11. The molecule has 3 aromatic rings. The minimum absolute atomic E-state index is 0.00123. The van der Waals surface area contributed by atoms with Gasteiger partial charge < -0.3 is 9.88 Å². The van der Waals surface area contributed by atoms with Gasteiger partial charge in [-0.05, 0) is 45.1 Å². The third-order valence-corrected chi connectivity index (χ3v) is 6.97. The van der Waals surface area contributed by atoms with Gasteiger partial charge in [0.2, 0.25) is 11.8 Å². The number of hydrogen-bond donors (Lipinski definition) is 1. The van der Waals surface area contributed by atoms with E-state index in [0.717, 1.165) is 17.8 Å². The number of fused-ring (bicyclic) bond motifs is 1. The van der Waals surface area contributed by atoms with Gasteiger partial charge in [0.1, 0.15) is 6.54 Å². The molecular formula is C25H30N6O2S. The summed E-state index contributed by atoms with van der Waals surface area (Å²) in [5, 5.41) is 12.1. The maximum atomic E-state index is 13.4. The lowest BCUT2D eigenvalue weighted by molar-refractivity contribution is -0.121. The lowest BCUT2D eigenvalue weighted by atomic mass is 10.2. The number of carbonyl (C=O) groups is 2. The van der Waals surface area contributed by atoms with Crippen LogP contribution in [0.1, 0.15) is 37.7 Å². The molecule has 0 spiro atoms. The average Bonchev–Trinajstić information content (AvgIpc) is 3.20. The van der Waals surface area contributed by atoms with Crippen molar-refractivity contribution in [2.75, 3.05) is 30.9 Å². The predicted molar refractivity (Wildman–Crippen MR) is 135 cm³/mol. The molecule has 0 bridgehead atoms. The Bertz CT molecular complexity index is 1160. The van der Waals surface area contributed by atoms with Crippen molar-refractivity contribution in [3.8, 4) is 0 Å². The molecule has 2 heterocycles. The summed E-state index contributed by atoms with van der Waals surface area (Å²) in [5.41, 5.74) is 2.50. The summed E-state index contributed by atoms with van der Waals surface area (Å²) in [5.74, 6) is 0.541. The summed E-state index contributed by atoms with van der Waals surface area (Å²) in [7, 11) is 4.07. The van der Waals surface area contributed by atoms with E-state index in [2.05, 4.69) is 44.0 Å². The molecule has 0 unspecified atom stereocenters. The fraction of sp³-hybridized carbons (Fsp3) is 0.360. The number of carbonyl (C=O) groups excluding carboxylic acids is 2. The van der Waals surface area contributed by atoms with Crippen molar-refractivity contribution >= 4 is 35.0 Å². The summed E-state index contributed by atoms with van der Waals surface area (Å²) >= 11 is 1.38. The van der Waals surface area contributed by atoms with E-state index in [1.54, 1.807) is 11.0 Å². The Morgan fingerprint density at radius 1 is 1.12 bits per heavy atom. The zero-order valence-corrected chi connectivity index (χ0v) is 20.7. The molecule has 2 amide bonds. The Balaban J connectivity index is 1.62. The highest BCUT2D eigenvalue weighted by atomic mass is 32.2. The number of aromatic nitrogens is 3. The Hall–Kier alpha value is -3.17. The molecule has 178 valence electrons. The van der Waals surface area contributed by atoms with Crippen molar-refractivity contribution in [3.63, 3.8) is 0 Å². The topological polar surface area (TPSA) is 83.4 Å². The molecule has 0 radical (unpaired) electrons. The normalized spacial score (nSPS) is 15.1. The van der Waals surface area contributed by atoms with Crippen LogP contribution in [0.3, 0.4) is 0 Å². The molecule has 1 N–H and O–H groups in total.